The van der Waals surface area contributed by atoms with E-state index in [0.29, 0.717) is 18.3 Å². The standard InChI is InChI=1S/C18H22N6O/c1-13-4-3-8-23-12-14(21-17(13)23)10-20-18(25)16-6-9-24(22-16)15-5-2-7-19-11-15/h3-4,6,8-9,12,15,19H,2,5,7,10-11H2,1H3,(H,20,25). The Morgan fingerprint density at radius 3 is 3.12 bits per heavy atom. The minimum Gasteiger partial charge on any atom is -0.345 e. The van der Waals surface area contributed by atoms with E-state index in [1.54, 1.807) is 6.07 Å². The van der Waals surface area contributed by atoms with Crippen LogP contribution in [0.2, 0.25) is 0 Å². The fourth-order valence-electron chi connectivity index (χ4n) is 3.27. The third-order valence-electron chi connectivity index (χ3n) is 4.64. The van der Waals surface area contributed by atoms with E-state index in [2.05, 4.69) is 20.7 Å². The van der Waals surface area contributed by atoms with Crippen molar-refractivity contribution in [1.82, 2.24) is 29.8 Å². The summed E-state index contributed by atoms with van der Waals surface area (Å²) in [5.74, 6) is -0.170. The molecule has 1 aliphatic heterocycles. The molecule has 1 unspecified atom stereocenters. The molecule has 0 saturated carbocycles. The van der Waals surface area contributed by atoms with Crippen LogP contribution >= 0.6 is 0 Å². The molecular formula is C18H22N6O. The molecule has 1 saturated heterocycles. The SMILES string of the molecule is Cc1cccn2cc(CNC(=O)c3ccn(C4CCCNC4)n3)nc12. The number of carbonyl (C=O) groups excluding carboxylic acids is 1. The maximum Gasteiger partial charge on any atom is 0.272 e. The third kappa shape index (κ3) is 3.28. The van der Waals surface area contributed by atoms with Crippen molar-refractivity contribution in [3.63, 3.8) is 0 Å². The Hall–Kier alpha value is -2.67. The van der Waals surface area contributed by atoms with Gasteiger partial charge in [-0.05, 0) is 44.0 Å². The number of imidazole rings is 1. The summed E-state index contributed by atoms with van der Waals surface area (Å²) in [7, 11) is 0. The van der Waals surface area contributed by atoms with Crippen LogP contribution < -0.4 is 10.6 Å². The lowest BCUT2D eigenvalue weighted by molar-refractivity contribution is 0.0944. The monoisotopic (exact) mass is 338 g/mol. The predicted octanol–water partition coefficient (Wildman–Crippen LogP) is 1.69. The van der Waals surface area contributed by atoms with Crippen LogP contribution in [-0.2, 0) is 6.54 Å². The number of carbonyl (C=O) groups is 1. The van der Waals surface area contributed by atoms with E-state index in [1.165, 1.54) is 0 Å². The van der Waals surface area contributed by atoms with Gasteiger partial charge in [0.05, 0.1) is 18.3 Å². The number of pyridine rings is 1. The summed E-state index contributed by atoms with van der Waals surface area (Å²) in [6, 6.07) is 6.12. The number of nitrogens with zero attached hydrogens (tertiary/aromatic N) is 4. The minimum absolute atomic E-state index is 0.170. The van der Waals surface area contributed by atoms with Crippen LogP contribution in [0.3, 0.4) is 0 Å². The Morgan fingerprint density at radius 1 is 1.40 bits per heavy atom. The van der Waals surface area contributed by atoms with Gasteiger partial charge in [-0.2, -0.15) is 5.10 Å². The van der Waals surface area contributed by atoms with Crippen molar-refractivity contribution in [3.05, 3.63) is 53.7 Å². The molecular weight excluding hydrogens is 316 g/mol. The van der Waals surface area contributed by atoms with Crippen molar-refractivity contribution in [2.45, 2.75) is 32.4 Å². The molecule has 1 atom stereocenters. The molecule has 0 radical (unpaired) electrons. The zero-order valence-corrected chi connectivity index (χ0v) is 14.3. The molecule has 3 aromatic rings. The summed E-state index contributed by atoms with van der Waals surface area (Å²) < 4.78 is 3.87. The fourth-order valence-corrected chi connectivity index (χ4v) is 3.27. The molecule has 4 rings (SSSR count). The molecule has 1 amide bonds. The molecule has 1 aliphatic rings. The van der Waals surface area contributed by atoms with Gasteiger partial charge in [0.2, 0.25) is 0 Å². The normalized spacial score (nSPS) is 17.7. The summed E-state index contributed by atoms with van der Waals surface area (Å²) in [4.78, 5) is 16.9. The smallest absolute Gasteiger partial charge is 0.272 e. The second-order valence-electron chi connectivity index (χ2n) is 6.52. The molecule has 0 spiro atoms. The van der Waals surface area contributed by atoms with Gasteiger partial charge in [0, 0.05) is 25.1 Å². The molecule has 2 N–H and O–H groups in total. The van der Waals surface area contributed by atoms with Crippen LogP contribution in [0.25, 0.3) is 5.65 Å². The van der Waals surface area contributed by atoms with Gasteiger partial charge in [0.1, 0.15) is 11.3 Å². The molecule has 4 heterocycles. The molecule has 0 aromatic carbocycles. The van der Waals surface area contributed by atoms with Crippen LogP contribution in [-0.4, -0.2) is 38.2 Å². The van der Waals surface area contributed by atoms with E-state index in [-0.39, 0.29) is 5.91 Å². The molecule has 0 aliphatic carbocycles. The molecule has 130 valence electrons. The molecule has 3 aromatic heterocycles. The lowest BCUT2D eigenvalue weighted by Gasteiger charge is -2.22. The van der Waals surface area contributed by atoms with Crippen molar-refractivity contribution in [3.8, 4) is 0 Å². The predicted molar refractivity (Wildman–Crippen MR) is 94.5 cm³/mol. The van der Waals surface area contributed by atoms with E-state index in [4.69, 9.17) is 0 Å². The van der Waals surface area contributed by atoms with Crippen LogP contribution in [0.5, 0.6) is 0 Å². The van der Waals surface area contributed by atoms with E-state index >= 15 is 0 Å². The number of hydrogen-bond acceptors (Lipinski definition) is 4. The van der Waals surface area contributed by atoms with Gasteiger partial charge in [-0.3, -0.25) is 9.48 Å². The zero-order chi connectivity index (χ0) is 17.2. The quantitative estimate of drug-likeness (QED) is 0.759. The Balaban J connectivity index is 1.41. The Morgan fingerprint density at radius 2 is 2.32 bits per heavy atom. The maximum atomic E-state index is 12.4. The van der Waals surface area contributed by atoms with Crippen LogP contribution in [0.4, 0.5) is 0 Å². The second-order valence-corrected chi connectivity index (χ2v) is 6.52. The molecule has 7 heteroatoms. The number of hydrogen-bond donors (Lipinski definition) is 2. The summed E-state index contributed by atoms with van der Waals surface area (Å²) in [5.41, 5.74) is 3.31. The van der Waals surface area contributed by atoms with Crippen LogP contribution in [0, 0.1) is 6.92 Å². The van der Waals surface area contributed by atoms with Gasteiger partial charge < -0.3 is 15.0 Å². The minimum atomic E-state index is -0.170. The first-order chi connectivity index (χ1) is 12.2. The highest BCUT2D eigenvalue weighted by Gasteiger charge is 2.17. The number of fused-ring (bicyclic) bond motifs is 1. The van der Waals surface area contributed by atoms with E-state index in [1.807, 2.05) is 46.7 Å². The number of aromatic nitrogens is 4. The third-order valence-corrected chi connectivity index (χ3v) is 4.64. The highest BCUT2D eigenvalue weighted by atomic mass is 16.1. The van der Waals surface area contributed by atoms with E-state index < -0.39 is 0 Å². The first kappa shape index (κ1) is 15.8. The number of aryl methyl sites for hydroxylation is 1. The summed E-state index contributed by atoms with van der Waals surface area (Å²) in [6.07, 6.45) is 8.02. The number of nitrogens with one attached hydrogen (secondary N) is 2. The van der Waals surface area contributed by atoms with Crippen LogP contribution in [0.15, 0.2) is 36.8 Å². The number of amides is 1. The van der Waals surface area contributed by atoms with Crippen molar-refractivity contribution in [2.75, 3.05) is 13.1 Å². The average Bonchev–Trinajstić information content (AvgIpc) is 3.28. The first-order valence-electron chi connectivity index (χ1n) is 8.68. The largest absolute Gasteiger partial charge is 0.345 e. The van der Waals surface area contributed by atoms with Gasteiger partial charge in [-0.1, -0.05) is 6.07 Å². The fraction of sp³-hybridized carbons (Fsp3) is 0.389. The van der Waals surface area contributed by atoms with Crippen molar-refractivity contribution < 1.29 is 4.79 Å². The maximum absolute atomic E-state index is 12.4. The zero-order valence-electron chi connectivity index (χ0n) is 14.3. The molecule has 1 fully saturated rings. The lowest BCUT2D eigenvalue weighted by Crippen LogP contribution is -2.32. The van der Waals surface area contributed by atoms with Gasteiger partial charge >= 0.3 is 0 Å². The average molecular weight is 338 g/mol. The van der Waals surface area contributed by atoms with Crippen molar-refractivity contribution in [2.24, 2.45) is 0 Å². The topological polar surface area (TPSA) is 76.2 Å². The summed E-state index contributed by atoms with van der Waals surface area (Å²) in [5, 5.41) is 10.7. The lowest BCUT2D eigenvalue weighted by atomic mass is 10.1. The number of piperidine rings is 1. The molecule has 0 bridgehead atoms. The highest BCUT2D eigenvalue weighted by Crippen LogP contribution is 2.16. The van der Waals surface area contributed by atoms with Gasteiger partial charge in [0.15, 0.2) is 0 Å². The van der Waals surface area contributed by atoms with Gasteiger partial charge in [0.25, 0.3) is 5.91 Å². The Kier molecular flexibility index (Phi) is 4.23. The molecule has 25 heavy (non-hydrogen) atoms. The van der Waals surface area contributed by atoms with Gasteiger partial charge in [-0.15, -0.1) is 0 Å². The first-order valence-corrected chi connectivity index (χ1v) is 8.68. The van der Waals surface area contributed by atoms with E-state index in [9.17, 15) is 4.79 Å². The van der Waals surface area contributed by atoms with Crippen LogP contribution in [0.1, 0.15) is 40.6 Å². The Labute approximate surface area is 146 Å². The second kappa shape index (κ2) is 6.68. The highest BCUT2D eigenvalue weighted by molar-refractivity contribution is 5.92. The number of rotatable bonds is 4. The Bertz CT molecular complexity index is 890. The van der Waals surface area contributed by atoms with Crippen molar-refractivity contribution >= 4 is 11.6 Å². The summed E-state index contributed by atoms with van der Waals surface area (Å²) >= 11 is 0. The molecule has 7 nitrogen and oxygen atoms in total. The summed E-state index contributed by atoms with van der Waals surface area (Å²) in [6.45, 7) is 4.38. The van der Waals surface area contributed by atoms with E-state index in [0.717, 1.165) is 42.8 Å². The van der Waals surface area contributed by atoms with Crippen molar-refractivity contribution in [1.29, 1.82) is 0 Å². The van der Waals surface area contributed by atoms with Gasteiger partial charge in [-0.25, -0.2) is 4.98 Å².